The first-order valence-electron chi connectivity index (χ1n) is 4.13. The first-order chi connectivity index (χ1) is 6.67. The van der Waals surface area contributed by atoms with Crippen LogP contribution in [0.1, 0.15) is 5.56 Å². The average molecular weight is 316 g/mol. The van der Waals surface area contributed by atoms with Gasteiger partial charge >= 0.3 is 0 Å². The molecule has 0 radical (unpaired) electrons. The van der Waals surface area contributed by atoms with Gasteiger partial charge < -0.3 is 5.32 Å². The zero-order chi connectivity index (χ0) is 10.0. The average Bonchev–Trinajstić information content (AvgIpc) is 2.18. The van der Waals surface area contributed by atoms with Crippen LogP contribution in [0.15, 0.2) is 42.8 Å². The Morgan fingerprint density at radius 2 is 2.21 bits per heavy atom. The van der Waals surface area contributed by atoms with Crippen LogP contribution < -0.4 is 5.32 Å². The van der Waals surface area contributed by atoms with Crippen molar-refractivity contribution in [3.05, 3.63) is 48.3 Å². The van der Waals surface area contributed by atoms with Gasteiger partial charge in [-0.05, 0) is 56.1 Å². The van der Waals surface area contributed by atoms with Gasteiger partial charge in [0.25, 0.3) is 0 Å². The van der Waals surface area contributed by atoms with E-state index in [0.717, 1.165) is 11.3 Å². The van der Waals surface area contributed by atoms with Gasteiger partial charge in [0.2, 0.25) is 0 Å². The first-order valence-corrected chi connectivity index (χ1v) is 5.72. The van der Waals surface area contributed by atoms with Crippen molar-refractivity contribution in [1.82, 2.24) is 10.3 Å². The molecule has 1 N–H and O–H groups in total. The lowest BCUT2D eigenvalue weighted by Gasteiger charge is -2.24. The van der Waals surface area contributed by atoms with Crippen LogP contribution in [0.3, 0.4) is 0 Å². The molecule has 0 unspecified atom stereocenters. The predicted octanol–water partition coefficient (Wildman–Crippen LogP) is 3.03. The van der Waals surface area contributed by atoms with Crippen molar-refractivity contribution in [2.75, 3.05) is 0 Å². The predicted molar refractivity (Wildman–Crippen MR) is 65.1 cm³/mol. The van der Waals surface area contributed by atoms with Crippen LogP contribution in [0.4, 0.5) is 0 Å². The Balaban J connectivity index is 2.30. The van der Waals surface area contributed by atoms with Gasteiger partial charge in [0.1, 0.15) is 0 Å². The summed E-state index contributed by atoms with van der Waals surface area (Å²) < 4.78 is -0.347. The Labute approximate surface area is 99.4 Å². The molecule has 2 nitrogen and oxygen atoms in total. The summed E-state index contributed by atoms with van der Waals surface area (Å²) in [6, 6.07) is 3.93. The second kappa shape index (κ2) is 3.87. The van der Waals surface area contributed by atoms with E-state index < -0.39 is 0 Å². The number of nitrogens with one attached hydrogen (secondary N) is 1. The lowest BCUT2D eigenvalue weighted by molar-refractivity contribution is 0.906. The summed E-state index contributed by atoms with van der Waals surface area (Å²) in [4.78, 5) is 4.07. The van der Waals surface area contributed by atoms with Gasteiger partial charge in [-0.2, -0.15) is 0 Å². The summed E-state index contributed by atoms with van der Waals surface area (Å²) in [7, 11) is 0. The van der Waals surface area contributed by atoms with Gasteiger partial charge in [0, 0.05) is 23.7 Å². The monoisotopic (exact) mass is 314 g/mol. The summed E-state index contributed by atoms with van der Waals surface area (Å²) in [5, 5.41) is 3.28. The summed E-state index contributed by atoms with van der Waals surface area (Å²) in [6.07, 6.45) is 9.57. The van der Waals surface area contributed by atoms with E-state index in [2.05, 4.69) is 42.2 Å². The number of dihydropyridines is 1. The molecule has 0 spiro atoms. The molecule has 2 heterocycles. The Kier molecular flexibility index (Phi) is 2.74. The molecule has 1 aliphatic heterocycles. The third kappa shape index (κ3) is 2.25. The minimum absolute atomic E-state index is 0.347. The van der Waals surface area contributed by atoms with Crippen LogP contribution in [0, 0.1) is 0 Å². The summed E-state index contributed by atoms with van der Waals surface area (Å²) in [6.45, 7) is 0. The van der Waals surface area contributed by atoms with Gasteiger partial charge in [0.05, 0.1) is 0 Å². The zero-order valence-electron chi connectivity index (χ0n) is 7.24. The SMILES string of the molecule is BrC1(Br)C=CC=C(c2cccnc2)N1. The van der Waals surface area contributed by atoms with Crippen LogP contribution in [-0.4, -0.2) is 8.34 Å². The van der Waals surface area contributed by atoms with E-state index >= 15 is 0 Å². The summed E-state index contributed by atoms with van der Waals surface area (Å²) in [5.74, 6) is 0. The second-order valence-electron chi connectivity index (χ2n) is 2.93. The van der Waals surface area contributed by atoms with E-state index in [4.69, 9.17) is 0 Å². The fourth-order valence-electron chi connectivity index (χ4n) is 1.22. The molecule has 72 valence electrons. The molecular weight excluding hydrogens is 308 g/mol. The molecule has 0 atom stereocenters. The van der Waals surface area contributed by atoms with Crippen molar-refractivity contribution < 1.29 is 0 Å². The number of hydrogen-bond acceptors (Lipinski definition) is 2. The maximum Gasteiger partial charge on any atom is 0.168 e. The van der Waals surface area contributed by atoms with Crippen molar-refractivity contribution in [2.24, 2.45) is 0 Å². The van der Waals surface area contributed by atoms with Crippen molar-refractivity contribution in [1.29, 1.82) is 0 Å². The molecule has 0 fully saturated rings. The topological polar surface area (TPSA) is 24.9 Å². The van der Waals surface area contributed by atoms with Gasteiger partial charge in [-0.3, -0.25) is 4.98 Å². The number of nitrogens with zero attached hydrogens (tertiary/aromatic N) is 1. The summed E-state index contributed by atoms with van der Waals surface area (Å²) >= 11 is 6.98. The quantitative estimate of drug-likeness (QED) is 0.636. The van der Waals surface area contributed by atoms with Crippen molar-refractivity contribution in [3.8, 4) is 0 Å². The maximum atomic E-state index is 4.07. The Bertz CT molecular complexity index is 382. The molecule has 0 aromatic carbocycles. The van der Waals surface area contributed by atoms with E-state index in [1.807, 2.05) is 36.6 Å². The summed E-state index contributed by atoms with van der Waals surface area (Å²) in [5.41, 5.74) is 2.11. The molecule has 0 amide bonds. The second-order valence-corrected chi connectivity index (χ2v) is 6.49. The third-order valence-corrected chi connectivity index (χ3v) is 2.77. The Morgan fingerprint density at radius 3 is 2.86 bits per heavy atom. The third-order valence-electron chi connectivity index (χ3n) is 1.84. The van der Waals surface area contributed by atoms with Crippen LogP contribution in [0.2, 0.25) is 0 Å². The van der Waals surface area contributed by atoms with Crippen LogP contribution in [-0.2, 0) is 0 Å². The van der Waals surface area contributed by atoms with E-state index in [9.17, 15) is 0 Å². The number of aromatic nitrogens is 1. The molecule has 4 heteroatoms. The minimum atomic E-state index is -0.347. The van der Waals surface area contributed by atoms with E-state index in [1.165, 1.54) is 0 Å². The van der Waals surface area contributed by atoms with Gasteiger partial charge in [-0.15, -0.1) is 0 Å². The number of alkyl halides is 2. The maximum absolute atomic E-state index is 4.07. The van der Waals surface area contributed by atoms with Gasteiger partial charge in [-0.25, -0.2) is 0 Å². The first kappa shape index (κ1) is 9.93. The molecule has 0 saturated carbocycles. The molecule has 0 saturated heterocycles. The number of pyridine rings is 1. The van der Waals surface area contributed by atoms with Gasteiger partial charge in [0.15, 0.2) is 3.36 Å². The molecule has 2 rings (SSSR count). The fourth-order valence-corrected chi connectivity index (χ4v) is 1.95. The zero-order valence-corrected chi connectivity index (χ0v) is 10.4. The van der Waals surface area contributed by atoms with Crippen LogP contribution >= 0.6 is 31.9 Å². The van der Waals surface area contributed by atoms with Crippen molar-refractivity contribution in [2.45, 2.75) is 3.36 Å². The highest BCUT2D eigenvalue weighted by atomic mass is 79.9. The number of halogens is 2. The van der Waals surface area contributed by atoms with E-state index in [0.29, 0.717) is 0 Å². The molecular formula is C10H8Br2N2. The normalized spacial score (nSPS) is 18.6. The van der Waals surface area contributed by atoms with E-state index in [1.54, 1.807) is 6.20 Å². The van der Waals surface area contributed by atoms with E-state index in [-0.39, 0.29) is 3.36 Å². The highest BCUT2D eigenvalue weighted by Crippen LogP contribution is 2.30. The Morgan fingerprint density at radius 1 is 1.36 bits per heavy atom. The number of allylic oxidation sites excluding steroid dienone is 2. The molecule has 1 aromatic heterocycles. The highest BCUT2D eigenvalue weighted by Gasteiger charge is 2.21. The smallest absolute Gasteiger partial charge is 0.168 e. The highest BCUT2D eigenvalue weighted by molar-refractivity contribution is 9.25. The Hall–Kier alpha value is -0.610. The molecule has 1 aromatic rings. The molecule has 14 heavy (non-hydrogen) atoms. The number of rotatable bonds is 1. The standard InChI is InChI=1S/C10H8Br2N2/c11-10(12)5-1-4-9(14-10)8-3-2-6-13-7-8/h1-7,14H. The largest absolute Gasteiger partial charge is 0.358 e. The molecule has 0 bridgehead atoms. The van der Waals surface area contributed by atoms with Crippen LogP contribution in [0.5, 0.6) is 0 Å². The van der Waals surface area contributed by atoms with Crippen LogP contribution in [0.25, 0.3) is 5.70 Å². The molecule has 0 aliphatic carbocycles. The fraction of sp³-hybridized carbons (Fsp3) is 0.100. The number of hydrogen-bond donors (Lipinski definition) is 1. The molecule has 1 aliphatic rings. The van der Waals surface area contributed by atoms with Gasteiger partial charge in [-0.1, -0.05) is 6.08 Å². The van der Waals surface area contributed by atoms with Crippen molar-refractivity contribution in [3.63, 3.8) is 0 Å². The van der Waals surface area contributed by atoms with Crippen molar-refractivity contribution >= 4 is 37.6 Å². The lowest BCUT2D eigenvalue weighted by atomic mass is 10.1. The minimum Gasteiger partial charge on any atom is -0.358 e. The lowest BCUT2D eigenvalue weighted by Crippen LogP contribution is -2.31.